The number of hydrogen-bond donors (Lipinski definition) is 2. The Morgan fingerprint density at radius 1 is 1.50 bits per heavy atom. The molecule has 1 fully saturated rings. The van der Waals surface area contributed by atoms with Crippen molar-refractivity contribution in [1.29, 1.82) is 0 Å². The lowest BCUT2D eigenvalue weighted by Crippen LogP contribution is -2.56. The molecular formula is C12H17ClN2O. The van der Waals surface area contributed by atoms with Crippen LogP contribution >= 0.6 is 11.6 Å². The van der Waals surface area contributed by atoms with E-state index in [1.54, 1.807) is 0 Å². The Kier molecular flexibility index (Phi) is 3.38. The molecule has 4 heteroatoms. The van der Waals surface area contributed by atoms with Crippen molar-refractivity contribution in [2.24, 2.45) is 5.73 Å². The molecule has 1 atom stereocenters. The predicted molar refractivity (Wildman–Crippen MR) is 66.9 cm³/mol. The lowest BCUT2D eigenvalue weighted by molar-refractivity contribution is 0.177. The highest BCUT2D eigenvalue weighted by molar-refractivity contribution is 6.30. The van der Waals surface area contributed by atoms with Gasteiger partial charge in [-0.05, 0) is 31.0 Å². The normalized spacial score (nSPS) is 25.8. The van der Waals surface area contributed by atoms with Crippen molar-refractivity contribution < 1.29 is 5.11 Å². The van der Waals surface area contributed by atoms with E-state index in [0.717, 1.165) is 30.1 Å². The van der Waals surface area contributed by atoms with Gasteiger partial charge in [0, 0.05) is 23.8 Å². The molecule has 3 N–H and O–H groups in total. The van der Waals surface area contributed by atoms with Crippen LogP contribution in [-0.2, 0) is 0 Å². The van der Waals surface area contributed by atoms with Gasteiger partial charge >= 0.3 is 0 Å². The number of nitrogens with two attached hydrogens (primary N) is 1. The lowest BCUT2D eigenvalue weighted by Gasteiger charge is -2.40. The van der Waals surface area contributed by atoms with Crippen molar-refractivity contribution in [3.63, 3.8) is 0 Å². The summed E-state index contributed by atoms with van der Waals surface area (Å²) in [5, 5.41) is 10.0. The number of piperidine rings is 1. The Balaban J connectivity index is 2.16. The third-order valence-corrected chi connectivity index (χ3v) is 3.33. The molecule has 0 aliphatic carbocycles. The van der Waals surface area contributed by atoms with Crippen molar-refractivity contribution in [3.8, 4) is 0 Å². The molecule has 0 radical (unpaired) electrons. The zero-order valence-corrected chi connectivity index (χ0v) is 9.95. The Morgan fingerprint density at radius 3 is 3.00 bits per heavy atom. The average molecular weight is 241 g/mol. The van der Waals surface area contributed by atoms with Crippen LogP contribution in [0.2, 0.25) is 5.02 Å². The molecule has 1 saturated heterocycles. The molecule has 1 unspecified atom stereocenters. The van der Waals surface area contributed by atoms with Gasteiger partial charge < -0.3 is 15.7 Å². The number of benzene rings is 1. The summed E-state index contributed by atoms with van der Waals surface area (Å²) in [6, 6.07) is 7.75. The third kappa shape index (κ3) is 2.48. The number of aliphatic hydroxyl groups is 1. The summed E-state index contributed by atoms with van der Waals surface area (Å²) < 4.78 is 0. The van der Waals surface area contributed by atoms with E-state index in [4.69, 9.17) is 17.3 Å². The van der Waals surface area contributed by atoms with Gasteiger partial charge in [0.15, 0.2) is 0 Å². The first-order valence-corrected chi connectivity index (χ1v) is 5.91. The fourth-order valence-corrected chi connectivity index (χ4v) is 2.37. The molecule has 1 aliphatic heterocycles. The van der Waals surface area contributed by atoms with Crippen molar-refractivity contribution in [2.75, 3.05) is 24.6 Å². The fourth-order valence-electron chi connectivity index (χ4n) is 2.18. The zero-order valence-electron chi connectivity index (χ0n) is 9.19. The SMILES string of the molecule is NC1(CO)CCCN(c2cccc(Cl)c2)C1. The zero-order chi connectivity index (χ0) is 11.6. The third-order valence-electron chi connectivity index (χ3n) is 3.10. The maximum Gasteiger partial charge on any atom is 0.0628 e. The summed E-state index contributed by atoms with van der Waals surface area (Å²) in [6.07, 6.45) is 1.88. The minimum atomic E-state index is -0.472. The molecule has 0 bridgehead atoms. The maximum atomic E-state index is 9.29. The number of aliphatic hydroxyl groups excluding tert-OH is 1. The Labute approximate surface area is 101 Å². The van der Waals surface area contributed by atoms with E-state index in [0.29, 0.717) is 6.54 Å². The highest BCUT2D eigenvalue weighted by Crippen LogP contribution is 2.26. The van der Waals surface area contributed by atoms with E-state index in [1.165, 1.54) is 0 Å². The summed E-state index contributed by atoms with van der Waals surface area (Å²) >= 11 is 5.96. The van der Waals surface area contributed by atoms with Gasteiger partial charge in [-0.1, -0.05) is 17.7 Å². The van der Waals surface area contributed by atoms with Crippen molar-refractivity contribution in [3.05, 3.63) is 29.3 Å². The van der Waals surface area contributed by atoms with Crippen LogP contribution < -0.4 is 10.6 Å². The summed E-state index contributed by atoms with van der Waals surface area (Å²) in [6.45, 7) is 1.69. The molecule has 88 valence electrons. The summed E-state index contributed by atoms with van der Waals surface area (Å²) in [4.78, 5) is 2.19. The van der Waals surface area contributed by atoms with E-state index in [-0.39, 0.29) is 6.61 Å². The van der Waals surface area contributed by atoms with Gasteiger partial charge in [-0.3, -0.25) is 0 Å². The van der Waals surface area contributed by atoms with Crippen LogP contribution in [0, 0.1) is 0 Å². The lowest BCUT2D eigenvalue weighted by atomic mass is 9.91. The number of anilines is 1. The van der Waals surface area contributed by atoms with Gasteiger partial charge in [-0.15, -0.1) is 0 Å². The van der Waals surface area contributed by atoms with E-state index in [1.807, 2.05) is 24.3 Å². The monoisotopic (exact) mass is 240 g/mol. The van der Waals surface area contributed by atoms with Crippen LogP contribution in [0.5, 0.6) is 0 Å². The smallest absolute Gasteiger partial charge is 0.0628 e. The van der Waals surface area contributed by atoms with Gasteiger partial charge in [0.2, 0.25) is 0 Å². The Morgan fingerprint density at radius 2 is 2.31 bits per heavy atom. The van der Waals surface area contributed by atoms with Crippen molar-refractivity contribution >= 4 is 17.3 Å². The highest BCUT2D eigenvalue weighted by atomic mass is 35.5. The largest absolute Gasteiger partial charge is 0.394 e. The molecule has 3 nitrogen and oxygen atoms in total. The van der Waals surface area contributed by atoms with E-state index in [9.17, 15) is 5.11 Å². The Hall–Kier alpha value is -0.770. The first-order valence-electron chi connectivity index (χ1n) is 5.53. The second-order valence-electron chi connectivity index (χ2n) is 4.53. The number of halogens is 1. The highest BCUT2D eigenvalue weighted by Gasteiger charge is 2.30. The standard InChI is InChI=1S/C12H17ClN2O/c13-10-3-1-4-11(7-10)15-6-2-5-12(14,8-15)9-16/h1,3-4,7,16H,2,5-6,8-9,14H2. The van der Waals surface area contributed by atoms with Gasteiger partial charge in [0.05, 0.1) is 12.1 Å². The average Bonchev–Trinajstić information content (AvgIpc) is 2.29. The van der Waals surface area contributed by atoms with Crippen LogP contribution in [-0.4, -0.2) is 30.3 Å². The summed E-state index contributed by atoms with van der Waals surface area (Å²) in [7, 11) is 0. The minimum Gasteiger partial charge on any atom is -0.394 e. The summed E-state index contributed by atoms with van der Waals surface area (Å²) in [5.41, 5.74) is 6.71. The van der Waals surface area contributed by atoms with Crippen LogP contribution in [0.25, 0.3) is 0 Å². The topological polar surface area (TPSA) is 49.5 Å². The predicted octanol–water partition coefficient (Wildman–Crippen LogP) is 1.63. The number of nitrogens with zero attached hydrogens (tertiary/aromatic N) is 1. The van der Waals surface area contributed by atoms with Crippen LogP contribution in [0.3, 0.4) is 0 Å². The molecule has 1 aromatic rings. The first kappa shape index (κ1) is 11.7. The molecule has 0 amide bonds. The van der Waals surface area contributed by atoms with E-state index in [2.05, 4.69) is 4.90 Å². The van der Waals surface area contributed by atoms with Gasteiger partial charge in [-0.25, -0.2) is 0 Å². The van der Waals surface area contributed by atoms with E-state index < -0.39 is 5.54 Å². The summed E-state index contributed by atoms with van der Waals surface area (Å²) in [5.74, 6) is 0. The van der Waals surface area contributed by atoms with Gasteiger partial charge in [0.1, 0.15) is 0 Å². The molecule has 0 aromatic heterocycles. The van der Waals surface area contributed by atoms with Crippen molar-refractivity contribution in [2.45, 2.75) is 18.4 Å². The molecule has 0 saturated carbocycles. The molecule has 2 rings (SSSR count). The molecule has 16 heavy (non-hydrogen) atoms. The fraction of sp³-hybridized carbons (Fsp3) is 0.500. The van der Waals surface area contributed by atoms with Crippen LogP contribution in [0.4, 0.5) is 5.69 Å². The van der Waals surface area contributed by atoms with Gasteiger partial charge in [0.25, 0.3) is 0 Å². The number of rotatable bonds is 2. The minimum absolute atomic E-state index is 0.0318. The molecule has 1 aliphatic rings. The Bertz CT molecular complexity index is 372. The van der Waals surface area contributed by atoms with Crippen molar-refractivity contribution in [1.82, 2.24) is 0 Å². The first-order chi connectivity index (χ1) is 7.63. The molecule has 1 aromatic carbocycles. The quantitative estimate of drug-likeness (QED) is 0.826. The molecular weight excluding hydrogens is 224 g/mol. The molecule has 1 heterocycles. The second-order valence-corrected chi connectivity index (χ2v) is 4.96. The van der Waals surface area contributed by atoms with Gasteiger partial charge in [-0.2, -0.15) is 0 Å². The maximum absolute atomic E-state index is 9.29. The van der Waals surface area contributed by atoms with Crippen LogP contribution in [0.1, 0.15) is 12.8 Å². The molecule has 0 spiro atoms. The number of hydrogen-bond acceptors (Lipinski definition) is 3. The second kappa shape index (κ2) is 4.62. The van der Waals surface area contributed by atoms with Crippen LogP contribution in [0.15, 0.2) is 24.3 Å². The van der Waals surface area contributed by atoms with E-state index >= 15 is 0 Å².